The van der Waals surface area contributed by atoms with Crippen LogP contribution in [0.3, 0.4) is 0 Å². The molecular weight excluding hydrogens is 203 g/mol. The summed E-state index contributed by atoms with van der Waals surface area (Å²) in [6.07, 6.45) is 0.377. The molecule has 0 bridgehead atoms. The molecule has 0 amide bonds. The van der Waals surface area contributed by atoms with E-state index >= 15 is 0 Å². The van der Waals surface area contributed by atoms with Crippen LogP contribution in [0, 0.1) is 5.92 Å². The minimum absolute atomic E-state index is 0.0359. The van der Waals surface area contributed by atoms with Crippen molar-refractivity contribution >= 4 is 7.85 Å². The Labute approximate surface area is 100 Å². The van der Waals surface area contributed by atoms with E-state index in [1.807, 2.05) is 27.7 Å². The maximum absolute atomic E-state index is 5.88. The zero-order chi connectivity index (χ0) is 12.3. The lowest BCUT2D eigenvalue weighted by molar-refractivity contribution is -0.0846. The molecular formula is C12H23BO3. The molecule has 4 heteroatoms. The van der Waals surface area contributed by atoms with Crippen LogP contribution < -0.4 is 0 Å². The van der Waals surface area contributed by atoms with Crippen molar-refractivity contribution in [1.82, 2.24) is 0 Å². The van der Waals surface area contributed by atoms with Crippen molar-refractivity contribution in [3.63, 3.8) is 0 Å². The van der Waals surface area contributed by atoms with E-state index in [0.29, 0.717) is 6.61 Å². The summed E-state index contributed by atoms with van der Waals surface area (Å²) in [5.74, 6) is 0.211. The summed E-state index contributed by atoms with van der Waals surface area (Å²) in [7, 11) is 5.88. The third-order valence-corrected chi connectivity index (χ3v) is 2.76. The minimum atomic E-state index is -0.246. The van der Waals surface area contributed by atoms with Crippen LogP contribution >= 0.6 is 0 Å². The van der Waals surface area contributed by atoms with Crippen LogP contribution in [-0.2, 0) is 14.2 Å². The van der Waals surface area contributed by atoms with E-state index < -0.39 is 0 Å². The third-order valence-electron chi connectivity index (χ3n) is 2.76. The molecule has 1 saturated heterocycles. The minimum Gasteiger partial charge on any atom is -0.379 e. The van der Waals surface area contributed by atoms with Gasteiger partial charge in [0, 0.05) is 11.9 Å². The fraction of sp³-hybridized carbons (Fsp3) is 1.00. The maximum Gasteiger partial charge on any atom is 0.109 e. The Hall–Kier alpha value is -0.0551. The van der Waals surface area contributed by atoms with Crippen LogP contribution in [-0.4, -0.2) is 44.9 Å². The molecule has 0 N–H and O–H groups in total. The quantitative estimate of drug-likeness (QED) is 0.668. The fourth-order valence-corrected chi connectivity index (χ4v) is 1.88. The summed E-state index contributed by atoms with van der Waals surface area (Å²) >= 11 is 0. The molecule has 2 radical (unpaired) electrons. The van der Waals surface area contributed by atoms with Gasteiger partial charge in [-0.2, -0.15) is 0 Å². The first kappa shape index (κ1) is 14.0. The summed E-state index contributed by atoms with van der Waals surface area (Å²) in [6, 6.07) is -0.246. The average Bonchev–Trinajstić information content (AvgIpc) is 2.42. The number of rotatable bonds is 5. The molecule has 0 spiro atoms. The van der Waals surface area contributed by atoms with Crippen LogP contribution in [0.4, 0.5) is 0 Å². The van der Waals surface area contributed by atoms with Gasteiger partial charge in [-0.05, 0) is 27.7 Å². The van der Waals surface area contributed by atoms with Crippen molar-refractivity contribution in [2.45, 2.75) is 65.0 Å². The van der Waals surface area contributed by atoms with Crippen molar-refractivity contribution in [3.8, 4) is 0 Å². The van der Waals surface area contributed by atoms with Crippen LogP contribution in [0.15, 0.2) is 0 Å². The summed E-state index contributed by atoms with van der Waals surface area (Å²) in [5.41, 5.74) is 0. The number of hydrogen-bond acceptors (Lipinski definition) is 3. The highest BCUT2D eigenvalue weighted by Crippen LogP contribution is 2.29. The Kier molecular flexibility index (Phi) is 5.28. The predicted octanol–water partition coefficient (Wildman–Crippen LogP) is 1.73. The topological polar surface area (TPSA) is 27.7 Å². The van der Waals surface area contributed by atoms with E-state index in [9.17, 15) is 0 Å². The second-order valence-electron chi connectivity index (χ2n) is 5.03. The Morgan fingerprint density at radius 2 is 1.81 bits per heavy atom. The molecule has 1 heterocycles. The molecule has 1 aliphatic rings. The van der Waals surface area contributed by atoms with Crippen molar-refractivity contribution in [1.29, 1.82) is 0 Å². The normalized spacial score (nSPS) is 35.2. The van der Waals surface area contributed by atoms with Crippen LogP contribution in [0.2, 0.25) is 0 Å². The zero-order valence-electron chi connectivity index (χ0n) is 11.0. The van der Waals surface area contributed by atoms with Crippen molar-refractivity contribution in [2.75, 3.05) is 6.61 Å². The summed E-state index contributed by atoms with van der Waals surface area (Å²) in [4.78, 5) is 0. The van der Waals surface area contributed by atoms with E-state index in [0.717, 1.165) is 0 Å². The molecule has 1 aliphatic heterocycles. The Morgan fingerprint density at radius 1 is 1.19 bits per heavy atom. The Bertz CT molecular complexity index is 208. The molecule has 92 valence electrons. The molecule has 0 aromatic rings. The van der Waals surface area contributed by atoms with Gasteiger partial charge >= 0.3 is 0 Å². The highest BCUT2D eigenvalue weighted by Gasteiger charge is 2.40. The standard InChI is InChI=1S/C12H23BO3/c1-7(2)14-6-10-11(15-8(3)4)9(5)12(13)16-10/h7-12H,6H2,1-5H3. The second-order valence-corrected chi connectivity index (χ2v) is 5.03. The van der Waals surface area contributed by atoms with Gasteiger partial charge in [-0.3, -0.25) is 0 Å². The fourth-order valence-electron chi connectivity index (χ4n) is 1.88. The van der Waals surface area contributed by atoms with E-state index in [4.69, 9.17) is 22.1 Å². The molecule has 0 aromatic heterocycles. The molecule has 4 unspecified atom stereocenters. The predicted molar refractivity (Wildman–Crippen MR) is 64.7 cm³/mol. The van der Waals surface area contributed by atoms with Gasteiger partial charge in [-0.25, -0.2) is 0 Å². The van der Waals surface area contributed by atoms with Crippen LogP contribution in [0.5, 0.6) is 0 Å². The summed E-state index contributed by atoms with van der Waals surface area (Å²) in [6.45, 7) is 10.7. The molecule has 1 fully saturated rings. The molecule has 1 rings (SSSR count). The van der Waals surface area contributed by atoms with Crippen molar-refractivity contribution in [3.05, 3.63) is 0 Å². The molecule has 0 aromatic carbocycles. The van der Waals surface area contributed by atoms with Gasteiger partial charge in [0.25, 0.3) is 0 Å². The maximum atomic E-state index is 5.88. The highest BCUT2D eigenvalue weighted by atomic mass is 16.6. The smallest absolute Gasteiger partial charge is 0.109 e. The molecule has 0 aliphatic carbocycles. The van der Waals surface area contributed by atoms with Gasteiger partial charge in [-0.15, -0.1) is 0 Å². The third kappa shape index (κ3) is 3.76. The van der Waals surface area contributed by atoms with Gasteiger partial charge in [0.2, 0.25) is 0 Å². The van der Waals surface area contributed by atoms with E-state index in [-0.39, 0.29) is 36.3 Å². The van der Waals surface area contributed by atoms with Crippen molar-refractivity contribution < 1.29 is 14.2 Å². The molecule has 0 saturated carbocycles. The SMILES string of the molecule is [B]C1OC(COC(C)C)C(OC(C)C)C1C. The van der Waals surface area contributed by atoms with Crippen LogP contribution in [0.1, 0.15) is 34.6 Å². The lowest BCUT2D eigenvalue weighted by Crippen LogP contribution is -2.35. The van der Waals surface area contributed by atoms with Crippen molar-refractivity contribution in [2.24, 2.45) is 5.92 Å². The molecule has 4 atom stereocenters. The lowest BCUT2D eigenvalue weighted by atomic mass is 9.86. The largest absolute Gasteiger partial charge is 0.379 e. The number of hydrogen-bond donors (Lipinski definition) is 0. The Balaban J connectivity index is 2.52. The first-order chi connectivity index (χ1) is 7.41. The molecule has 16 heavy (non-hydrogen) atoms. The van der Waals surface area contributed by atoms with Gasteiger partial charge < -0.3 is 14.2 Å². The average molecular weight is 226 g/mol. The van der Waals surface area contributed by atoms with E-state index in [1.54, 1.807) is 0 Å². The van der Waals surface area contributed by atoms with E-state index in [1.165, 1.54) is 0 Å². The van der Waals surface area contributed by atoms with E-state index in [2.05, 4.69) is 6.92 Å². The first-order valence-electron chi connectivity index (χ1n) is 6.10. The van der Waals surface area contributed by atoms with Gasteiger partial charge in [0.05, 0.1) is 24.9 Å². The first-order valence-corrected chi connectivity index (χ1v) is 6.10. The number of ether oxygens (including phenoxy) is 3. The Morgan fingerprint density at radius 3 is 2.31 bits per heavy atom. The molecule has 3 nitrogen and oxygen atoms in total. The second kappa shape index (κ2) is 6.03. The monoisotopic (exact) mass is 226 g/mol. The zero-order valence-corrected chi connectivity index (χ0v) is 11.0. The van der Waals surface area contributed by atoms with Gasteiger partial charge in [0.15, 0.2) is 0 Å². The van der Waals surface area contributed by atoms with Gasteiger partial charge in [-0.1, -0.05) is 6.92 Å². The summed E-state index contributed by atoms with van der Waals surface area (Å²) < 4.78 is 17.1. The summed E-state index contributed by atoms with van der Waals surface area (Å²) in [5, 5.41) is 0. The highest BCUT2D eigenvalue weighted by molar-refractivity contribution is 6.11. The van der Waals surface area contributed by atoms with Gasteiger partial charge in [0.1, 0.15) is 14.0 Å². The lowest BCUT2D eigenvalue weighted by Gasteiger charge is -2.24. The van der Waals surface area contributed by atoms with Crippen LogP contribution in [0.25, 0.3) is 0 Å².